The maximum atomic E-state index is 14.0. The summed E-state index contributed by atoms with van der Waals surface area (Å²) in [6.45, 7) is 5.08. The predicted octanol–water partition coefficient (Wildman–Crippen LogP) is 5.07. The molecule has 6 nitrogen and oxygen atoms in total. The van der Waals surface area contributed by atoms with Gasteiger partial charge in [0.25, 0.3) is 5.91 Å². The largest absolute Gasteiger partial charge is 0.444 e. The lowest BCUT2D eigenvalue weighted by Crippen LogP contribution is -2.36. The number of aromatic nitrogens is 1. The van der Waals surface area contributed by atoms with Crippen molar-refractivity contribution in [2.75, 3.05) is 0 Å². The van der Waals surface area contributed by atoms with Crippen LogP contribution in [0.5, 0.6) is 0 Å². The van der Waals surface area contributed by atoms with Gasteiger partial charge in [0.2, 0.25) is 0 Å². The van der Waals surface area contributed by atoms with Gasteiger partial charge in [-0.25, -0.2) is 18.0 Å². The molecule has 2 aromatic carbocycles. The third kappa shape index (κ3) is 6.34. The van der Waals surface area contributed by atoms with Crippen LogP contribution < -0.4 is 11.1 Å². The average molecular weight is 471 g/mol. The fraction of sp³-hybridized carbons (Fsp3) is 0.240. The van der Waals surface area contributed by atoms with Crippen LogP contribution in [0.1, 0.15) is 48.4 Å². The molecule has 1 heterocycles. The van der Waals surface area contributed by atoms with E-state index < -0.39 is 41.1 Å². The summed E-state index contributed by atoms with van der Waals surface area (Å²) in [5.41, 5.74) is 5.64. The quantitative estimate of drug-likeness (QED) is 0.525. The molecule has 34 heavy (non-hydrogen) atoms. The van der Waals surface area contributed by atoms with Crippen molar-refractivity contribution in [1.82, 2.24) is 10.3 Å². The fourth-order valence-electron chi connectivity index (χ4n) is 3.45. The van der Waals surface area contributed by atoms with Gasteiger partial charge in [0.1, 0.15) is 23.1 Å². The SMILES string of the molecule is CC(C)(C)OC(=O)NC(Cc1cc(F)cc(F)c1)c1ncccc1-c1ccc(F)c(C(N)=O)c1. The van der Waals surface area contributed by atoms with Crippen molar-refractivity contribution in [1.29, 1.82) is 0 Å². The number of hydrogen-bond acceptors (Lipinski definition) is 4. The van der Waals surface area contributed by atoms with Crippen molar-refractivity contribution in [3.05, 3.63) is 89.0 Å². The summed E-state index contributed by atoms with van der Waals surface area (Å²) in [5.74, 6) is -3.25. The summed E-state index contributed by atoms with van der Waals surface area (Å²) in [6.07, 6.45) is 0.692. The molecule has 0 bridgehead atoms. The standard InChI is InChI=1S/C25H24F3N3O3/c1-25(2,3)34-24(33)31-21(11-14-9-16(26)13-17(27)10-14)22-18(5-4-8-30-22)15-6-7-20(28)19(12-15)23(29)32/h4-10,12-13,21H,11H2,1-3H3,(H2,29,32)(H,31,33). The monoisotopic (exact) mass is 471 g/mol. The summed E-state index contributed by atoms with van der Waals surface area (Å²) in [7, 11) is 0. The van der Waals surface area contributed by atoms with E-state index in [0.29, 0.717) is 16.8 Å². The molecule has 3 aromatic rings. The lowest BCUT2D eigenvalue weighted by atomic mass is 9.94. The van der Waals surface area contributed by atoms with E-state index in [0.717, 1.165) is 24.3 Å². The second-order valence-corrected chi connectivity index (χ2v) is 8.68. The summed E-state index contributed by atoms with van der Waals surface area (Å²) in [4.78, 5) is 28.6. The van der Waals surface area contributed by atoms with E-state index in [1.54, 1.807) is 32.9 Å². The first-order valence-corrected chi connectivity index (χ1v) is 10.4. The van der Waals surface area contributed by atoms with E-state index in [9.17, 15) is 22.8 Å². The number of hydrogen-bond donors (Lipinski definition) is 2. The van der Waals surface area contributed by atoms with Crippen molar-refractivity contribution in [3.8, 4) is 11.1 Å². The third-order valence-corrected chi connectivity index (χ3v) is 4.76. The van der Waals surface area contributed by atoms with Crippen molar-refractivity contribution in [3.63, 3.8) is 0 Å². The summed E-state index contributed by atoms with van der Waals surface area (Å²) in [5, 5.41) is 2.70. The number of nitrogens with two attached hydrogens (primary N) is 1. The number of rotatable bonds is 6. The molecular weight excluding hydrogens is 447 g/mol. The zero-order valence-corrected chi connectivity index (χ0v) is 18.9. The van der Waals surface area contributed by atoms with Gasteiger partial charge in [-0.15, -0.1) is 0 Å². The van der Waals surface area contributed by atoms with E-state index in [-0.39, 0.29) is 17.5 Å². The number of nitrogens with zero attached hydrogens (tertiary/aromatic N) is 1. The molecule has 0 aliphatic heterocycles. The fourth-order valence-corrected chi connectivity index (χ4v) is 3.45. The molecule has 9 heteroatoms. The van der Waals surface area contributed by atoms with Gasteiger partial charge in [0, 0.05) is 17.8 Å². The van der Waals surface area contributed by atoms with Crippen LogP contribution in [-0.4, -0.2) is 22.6 Å². The molecule has 0 fully saturated rings. The molecule has 1 atom stereocenters. The first-order valence-electron chi connectivity index (χ1n) is 10.4. The molecule has 1 unspecified atom stereocenters. The van der Waals surface area contributed by atoms with Crippen molar-refractivity contribution in [2.45, 2.75) is 38.8 Å². The van der Waals surface area contributed by atoms with Crippen LogP contribution in [-0.2, 0) is 11.2 Å². The van der Waals surface area contributed by atoms with Crippen LogP contribution in [0.2, 0.25) is 0 Å². The number of carbonyl (C=O) groups is 2. The number of primary amides is 1. The van der Waals surface area contributed by atoms with Crippen LogP contribution in [0.4, 0.5) is 18.0 Å². The number of ether oxygens (including phenoxy) is 1. The predicted molar refractivity (Wildman–Crippen MR) is 120 cm³/mol. The van der Waals surface area contributed by atoms with Crippen molar-refractivity contribution in [2.24, 2.45) is 5.73 Å². The first kappa shape index (κ1) is 24.8. The summed E-state index contributed by atoms with van der Waals surface area (Å²) < 4.78 is 47.0. The number of benzene rings is 2. The Labute approximate surface area is 195 Å². The van der Waals surface area contributed by atoms with Gasteiger partial charge in [-0.1, -0.05) is 12.1 Å². The molecule has 0 spiro atoms. The zero-order chi connectivity index (χ0) is 25.0. The zero-order valence-electron chi connectivity index (χ0n) is 18.9. The third-order valence-electron chi connectivity index (χ3n) is 4.76. The Hall–Kier alpha value is -3.88. The molecule has 0 aliphatic carbocycles. The number of halogens is 3. The van der Waals surface area contributed by atoms with Gasteiger partial charge in [-0.3, -0.25) is 9.78 Å². The van der Waals surface area contributed by atoms with Gasteiger partial charge < -0.3 is 15.8 Å². The highest BCUT2D eigenvalue weighted by Gasteiger charge is 2.25. The summed E-state index contributed by atoms with van der Waals surface area (Å²) >= 11 is 0. The first-order chi connectivity index (χ1) is 15.9. The number of alkyl carbamates (subject to hydrolysis) is 1. The minimum atomic E-state index is -0.941. The minimum absolute atomic E-state index is 0.0260. The Bertz CT molecular complexity index is 1210. The van der Waals surface area contributed by atoms with Crippen LogP contribution in [0, 0.1) is 17.5 Å². The Balaban J connectivity index is 2.08. The van der Waals surface area contributed by atoms with Crippen LogP contribution >= 0.6 is 0 Å². The van der Waals surface area contributed by atoms with Crippen LogP contribution in [0.15, 0.2) is 54.7 Å². The highest BCUT2D eigenvalue weighted by Crippen LogP contribution is 2.30. The molecule has 3 rings (SSSR count). The van der Waals surface area contributed by atoms with Gasteiger partial charge in [0.05, 0.1) is 17.3 Å². The average Bonchev–Trinajstić information content (AvgIpc) is 2.71. The number of carbonyl (C=O) groups excluding carboxylic acids is 2. The van der Waals surface area contributed by atoms with E-state index in [4.69, 9.17) is 10.5 Å². The lowest BCUT2D eigenvalue weighted by Gasteiger charge is -2.25. The number of nitrogens with one attached hydrogen (secondary N) is 1. The van der Waals surface area contributed by atoms with E-state index in [1.165, 1.54) is 18.3 Å². The van der Waals surface area contributed by atoms with Crippen molar-refractivity contribution < 1.29 is 27.5 Å². The molecule has 0 radical (unpaired) electrons. The Kier molecular flexibility index (Phi) is 7.24. The van der Waals surface area contributed by atoms with Gasteiger partial charge >= 0.3 is 6.09 Å². The number of pyridine rings is 1. The van der Waals surface area contributed by atoms with E-state index >= 15 is 0 Å². The highest BCUT2D eigenvalue weighted by atomic mass is 19.1. The number of amides is 2. The van der Waals surface area contributed by atoms with Crippen molar-refractivity contribution >= 4 is 12.0 Å². The van der Waals surface area contributed by atoms with Gasteiger partial charge in [-0.2, -0.15) is 0 Å². The Morgan fingerprint density at radius 1 is 1.06 bits per heavy atom. The molecule has 3 N–H and O–H groups in total. The molecular formula is C25H24F3N3O3. The van der Waals surface area contributed by atoms with E-state index in [1.807, 2.05) is 0 Å². The maximum Gasteiger partial charge on any atom is 0.408 e. The summed E-state index contributed by atoms with van der Waals surface area (Å²) in [6, 6.07) is 9.28. The van der Waals surface area contributed by atoms with Crippen LogP contribution in [0.25, 0.3) is 11.1 Å². The maximum absolute atomic E-state index is 14.0. The minimum Gasteiger partial charge on any atom is -0.444 e. The second-order valence-electron chi connectivity index (χ2n) is 8.68. The molecule has 0 saturated carbocycles. The molecule has 0 aliphatic rings. The molecule has 178 valence electrons. The molecule has 2 amide bonds. The second kappa shape index (κ2) is 9.94. The van der Waals surface area contributed by atoms with Gasteiger partial charge in [-0.05, 0) is 68.7 Å². The van der Waals surface area contributed by atoms with Crippen LogP contribution in [0.3, 0.4) is 0 Å². The molecule has 1 aromatic heterocycles. The highest BCUT2D eigenvalue weighted by molar-refractivity contribution is 5.94. The molecule has 0 saturated heterocycles. The smallest absolute Gasteiger partial charge is 0.408 e. The van der Waals surface area contributed by atoms with Gasteiger partial charge in [0.15, 0.2) is 0 Å². The lowest BCUT2D eigenvalue weighted by molar-refractivity contribution is 0.0502. The Morgan fingerprint density at radius 2 is 1.74 bits per heavy atom. The Morgan fingerprint density at radius 3 is 2.35 bits per heavy atom. The van der Waals surface area contributed by atoms with E-state index in [2.05, 4.69) is 10.3 Å². The topological polar surface area (TPSA) is 94.3 Å². The normalized spacial score (nSPS) is 12.2.